The van der Waals surface area contributed by atoms with Gasteiger partial charge >= 0.3 is 0 Å². The van der Waals surface area contributed by atoms with Gasteiger partial charge in [-0.15, -0.1) is 0 Å². The molecule has 1 unspecified atom stereocenters. The molecule has 21 heavy (non-hydrogen) atoms. The molecule has 0 aliphatic heterocycles. The number of aromatic nitrogens is 1. The molecule has 2 heteroatoms. The van der Waals surface area contributed by atoms with E-state index in [4.69, 9.17) is 4.98 Å². The van der Waals surface area contributed by atoms with E-state index in [1.807, 2.05) is 18.2 Å². The molecule has 0 radical (unpaired) electrons. The average Bonchev–Trinajstić information content (AvgIpc) is 2.52. The number of nitrogens with zero attached hydrogens (tertiary/aromatic N) is 2. The van der Waals surface area contributed by atoms with E-state index >= 15 is 0 Å². The Kier molecular flexibility index (Phi) is 1.84. The third-order valence-electron chi connectivity index (χ3n) is 5.70. The molecular formula is C19H14N2. The molecule has 100 valence electrons. The zero-order valence-corrected chi connectivity index (χ0v) is 11.9. The van der Waals surface area contributed by atoms with E-state index in [1.165, 1.54) is 29.4 Å². The Labute approximate surface area is 123 Å². The quantitative estimate of drug-likeness (QED) is 0.567. The summed E-state index contributed by atoms with van der Waals surface area (Å²) < 4.78 is 0. The summed E-state index contributed by atoms with van der Waals surface area (Å²) in [6.07, 6.45) is 4.62. The lowest BCUT2D eigenvalue weighted by Crippen LogP contribution is -2.49. The van der Waals surface area contributed by atoms with Gasteiger partial charge in [-0.1, -0.05) is 31.2 Å². The maximum atomic E-state index is 9.50. The highest BCUT2D eigenvalue weighted by Crippen LogP contribution is 2.65. The molecule has 5 rings (SSSR count). The van der Waals surface area contributed by atoms with Crippen molar-refractivity contribution in [3.8, 4) is 6.07 Å². The van der Waals surface area contributed by atoms with Gasteiger partial charge in [-0.3, -0.25) is 4.98 Å². The number of pyridine rings is 1. The van der Waals surface area contributed by atoms with E-state index in [0.717, 1.165) is 21.9 Å². The van der Waals surface area contributed by atoms with Crippen molar-refractivity contribution in [2.75, 3.05) is 0 Å². The Morgan fingerprint density at radius 2 is 2.05 bits per heavy atom. The third kappa shape index (κ3) is 1.13. The van der Waals surface area contributed by atoms with Crippen molar-refractivity contribution in [2.45, 2.75) is 31.1 Å². The summed E-state index contributed by atoms with van der Waals surface area (Å²) >= 11 is 0. The van der Waals surface area contributed by atoms with Crippen LogP contribution in [-0.2, 0) is 5.41 Å². The highest BCUT2D eigenvalue weighted by Gasteiger charge is 2.55. The van der Waals surface area contributed by atoms with E-state index in [2.05, 4.69) is 31.3 Å². The first-order valence-corrected chi connectivity index (χ1v) is 7.49. The van der Waals surface area contributed by atoms with Gasteiger partial charge in [0.2, 0.25) is 0 Å². The SMILES string of the molecule is CC12CC[C@H]1c1cnc3c(cc(C#N)c4ccccc43)c12. The Morgan fingerprint density at radius 1 is 1.24 bits per heavy atom. The standard InChI is InChI=1S/C19H14N2/c1-19-7-6-16(19)15-10-21-18-13-5-3-2-4-12(13)11(9-20)8-14(18)17(15)19/h2-5,8,10,16H,6-7H2,1H3/t16-,19?/m0/s1. The predicted octanol–water partition coefficient (Wildman–Crippen LogP) is 4.41. The molecule has 2 aliphatic carbocycles. The molecule has 2 aliphatic rings. The van der Waals surface area contributed by atoms with Crippen molar-refractivity contribution in [3.63, 3.8) is 0 Å². The number of benzene rings is 2. The van der Waals surface area contributed by atoms with Gasteiger partial charge in [-0.05, 0) is 36.0 Å². The molecule has 2 atom stereocenters. The van der Waals surface area contributed by atoms with Crippen LogP contribution < -0.4 is 0 Å². The second-order valence-electron chi connectivity index (χ2n) is 6.57. The zero-order chi connectivity index (χ0) is 14.2. The minimum atomic E-state index is 0.325. The van der Waals surface area contributed by atoms with Gasteiger partial charge in [0.1, 0.15) is 0 Å². The molecule has 1 heterocycles. The lowest BCUT2D eigenvalue weighted by atomic mass is 9.46. The van der Waals surface area contributed by atoms with Crippen LogP contribution in [-0.4, -0.2) is 4.98 Å². The van der Waals surface area contributed by atoms with Gasteiger partial charge in [0.05, 0.1) is 17.1 Å². The van der Waals surface area contributed by atoms with Crippen molar-refractivity contribution in [1.29, 1.82) is 5.26 Å². The monoisotopic (exact) mass is 270 g/mol. The van der Waals surface area contributed by atoms with Gasteiger partial charge in [0.15, 0.2) is 0 Å². The van der Waals surface area contributed by atoms with Crippen LogP contribution in [0.1, 0.15) is 42.4 Å². The Hall–Kier alpha value is -2.40. The van der Waals surface area contributed by atoms with Gasteiger partial charge < -0.3 is 0 Å². The summed E-state index contributed by atoms with van der Waals surface area (Å²) in [5.74, 6) is 0.696. The molecule has 1 saturated carbocycles. The van der Waals surface area contributed by atoms with Crippen LogP contribution in [0.4, 0.5) is 0 Å². The van der Waals surface area contributed by atoms with E-state index in [0.29, 0.717) is 11.3 Å². The fraction of sp³-hybridized carbons (Fsp3) is 0.263. The molecule has 2 nitrogen and oxygen atoms in total. The van der Waals surface area contributed by atoms with Crippen LogP contribution in [0.15, 0.2) is 36.5 Å². The first-order chi connectivity index (χ1) is 10.2. The second-order valence-corrected chi connectivity index (χ2v) is 6.57. The van der Waals surface area contributed by atoms with E-state index in [9.17, 15) is 5.26 Å². The van der Waals surface area contributed by atoms with Crippen LogP contribution in [0.5, 0.6) is 0 Å². The summed E-state index contributed by atoms with van der Waals surface area (Å²) in [6.45, 7) is 2.37. The van der Waals surface area contributed by atoms with Crippen LogP contribution in [0, 0.1) is 11.3 Å². The molecule has 2 aromatic carbocycles. The fourth-order valence-corrected chi connectivity index (χ4v) is 4.48. The maximum absolute atomic E-state index is 9.50. The Morgan fingerprint density at radius 3 is 2.76 bits per heavy atom. The molecule has 0 amide bonds. The van der Waals surface area contributed by atoms with Gasteiger partial charge in [-0.2, -0.15) is 5.26 Å². The smallest absolute Gasteiger partial charge is 0.0998 e. The number of nitriles is 1. The van der Waals surface area contributed by atoms with Crippen molar-refractivity contribution >= 4 is 21.7 Å². The summed E-state index contributed by atoms with van der Waals surface area (Å²) in [4.78, 5) is 4.74. The lowest BCUT2D eigenvalue weighted by molar-refractivity contribution is 0.169. The highest BCUT2D eigenvalue weighted by atomic mass is 14.7. The molecular weight excluding hydrogens is 256 g/mol. The van der Waals surface area contributed by atoms with Gasteiger partial charge in [0.25, 0.3) is 0 Å². The third-order valence-corrected chi connectivity index (χ3v) is 5.70. The Bertz CT molecular complexity index is 980. The van der Waals surface area contributed by atoms with Gasteiger partial charge in [-0.25, -0.2) is 0 Å². The van der Waals surface area contributed by atoms with Crippen molar-refractivity contribution in [2.24, 2.45) is 0 Å². The second kappa shape index (κ2) is 3.43. The zero-order valence-electron chi connectivity index (χ0n) is 11.9. The largest absolute Gasteiger partial charge is 0.255 e. The fourth-order valence-electron chi connectivity index (χ4n) is 4.48. The molecule has 3 aromatic rings. The summed E-state index contributed by atoms with van der Waals surface area (Å²) in [6, 6.07) is 12.5. The van der Waals surface area contributed by atoms with Crippen LogP contribution in [0.2, 0.25) is 0 Å². The minimum absolute atomic E-state index is 0.325. The molecule has 1 fully saturated rings. The van der Waals surface area contributed by atoms with Crippen LogP contribution in [0.3, 0.4) is 0 Å². The van der Waals surface area contributed by atoms with E-state index in [1.54, 1.807) is 0 Å². The van der Waals surface area contributed by atoms with Crippen LogP contribution >= 0.6 is 0 Å². The first-order valence-electron chi connectivity index (χ1n) is 7.49. The van der Waals surface area contributed by atoms with E-state index < -0.39 is 0 Å². The topological polar surface area (TPSA) is 36.7 Å². The number of rotatable bonds is 0. The molecule has 1 aromatic heterocycles. The van der Waals surface area contributed by atoms with Gasteiger partial charge in [0, 0.05) is 27.8 Å². The van der Waals surface area contributed by atoms with Crippen molar-refractivity contribution in [1.82, 2.24) is 4.98 Å². The lowest BCUT2D eigenvalue weighted by Gasteiger charge is -2.58. The average molecular weight is 270 g/mol. The normalized spacial score (nSPS) is 25.6. The van der Waals surface area contributed by atoms with E-state index in [-0.39, 0.29) is 0 Å². The van der Waals surface area contributed by atoms with Crippen LogP contribution in [0.25, 0.3) is 21.7 Å². The maximum Gasteiger partial charge on any atom is 0.0998 e. The molecule has 0 saturated heterocycles. The number of fused-ring (bicyclic) bond motifs is 8. The Balaban J connectivity index is 2.00. The molecule has 0 bridgehead atoms. The predicted molar refractivity (Wildman–Crippen MR) is 83.3 cm³/mol. The van der Waals surface area contributed by atoms with Crippen molar-refractivity contribution < 1.29 is 0 Å². The number of hydrogen-bond acceptors (Lipinski definition) is 2. The summed E-state index contributed by atoms with van der Waals surface area (Å²) in [5, 5.41) is 12.8. The molecule has 0 N–H and O–H groups in total. The summed E-state index contributed by atoms with van der Waals surface area (Å²) in [5.41, 5.74) is 5.00. The minimum Gasteiger partial charge on any atom is -0.255 e. The molecule has 0 spiro atoms. The first kappa shape index (κ1) is 11.3. The number of hydrogen-bond donors (Lipinski definition) is 0. The van der Waals surface area contributed by atoms with Crippen molar-refractivity contribution in [3.05, 3.63) is 53.2 Å². The highest BCUT2D eigenvalue weighted by molar-refractivity contribution is 6.09. The summed E-state index contributed by atoms with van der Waals surface area (Å²) in [7, 11) is 0.